The Morgan fingerprint density at radius 2 is 1.00 bits per heavy atom. The molecule has 0 aromatic heterocycles. The third kappa shape index (κ3) is 16.5. The maximum Gasteiger partial charge on any atom is 0.446 e. The molecule has 21 nitrogen and oxygen atoms in total. The first-order chi connectivity index (χ1) is 33.1. The van der Waals surface area contributed by atoms with Crippen LogP contribution in [0.3, 0.4) is 0 Å². The van der Waals surface area contributed by atoms with Crippen molar-refractivity contribution >= 4 is 52.2 Å². The molecule has 11 N–H and O–H groups in total. The second-order valence-electron chi connectivity index (χ2n) is 14.6. The fraction of sp³-hybridized carbons (Fsp3) is 0.188. The van der Waals surface area contributed by atoms with E-state index in [0.29, 0.717) is 22.3 Å². The highest BCUT2D eigenvalue weighted by Crippen LogP contribution is 2.30. The number of benzene rings is 4. The number of hydrogen-bond donors (Lipinski definition) is 11. The zero-order valence-electron chi connectivity index (χ0n) is 36.9. The van der Waals surface area contributed by atoms with Gasteiger partial charge in [0.2, 0.25) is 6.29 Å². The molecule has 0 amide bonds. The molecule has 1 heterocycles. The van der Waals surface area contributed by atoms with Crippen LogP contribution < -0.4 is 18.4 Å². The van der Waals surface area contributed by atoms with E-state index < -0.39 is 71.9 Å². The van der Waals surface area contributed by atoms with Crippen LogP contribution in [-0.4, -0.2) is 126 Å². The maximum atomic E-state index is 12.1. The van der Waals surface area contributed by atoms with Gasteiger partial charge in [-0.2, -0.15) is 8.42 Å². The molecule has 0 aliphatic carbocycles. The topological polar surface area (TPSA) is 354 Å². The number of carbonyl (C=O) groups excluding carboxylic acids is 2. The summed E-state index contributed by atoms with van der Waals surface area (Å²) in [5.74, 6) is -3.08. The number of aliphatic hydroxyl groups excluding tert-OH is 7. The standard InChI is InChI=1S/C27H28O12.C21H20O9S/c1-37-21-11-15(4-8-19(21)31)3-7-18(30)12-17(29)6-2-14-5-9-20(16(10-14)13-28)38-27-24(34)22(32)23(33)25(39-27)26(35)36;1-29-21-11-15(4-8-19(21)25)3-7-18(24)12-17(23)6-2-14-5-9-20(16(10-14)13-22)30-31(26,27)28/h2-12,22-25,27-29,31-34H,13H2,1H3,(H,35,36);2-12,22-23,25H,13H2,1H3,(H,26,27,28)/b2*6-2+,7-3+,17-12-. The molecule has 4 aromatic rings. The zero-order chi connectivity index (χ0) is 51.7. The molecule has 0 saturated carbocycles. The van der Waals surface area contributed by atoms with Crippen molar-refractivity contribution < 1.29 is 102 Å². The van der Waals surface area contributed by atoms with Crippen molar-refractivity contribution in [3.63, 3.8) is 0 Å². The predicted octanol–water partition coefficient (Wildman–Crippen LogP) is 3.71. The number of phenols is 2. The van der Waals surface area contributed by atoms with Gasteiger partial charge in [-0.1, -0.05) is 48.6 Å². The Balaban J connectivity index is 0.000000313. The summed E-state index contributed by atoms with van der Waals surface area (Å²) in [6, 6.07) is 17.5. The highest BCUT2D eigenvalue weighted by Gasteiger charge is 2.48. The minimum Gasteiger partial charge on any atom is -0.508 e. The number of allylic oxidation sites excluding steroid dienone is 6. The van der Waals surface area contributed by atoms with E-state index in [2.05, 4.69) is 4.18 Å². The van der Waals surface area contributed by atoms with Crippen LogP contribution in [0, 0.1) is 0 Å². The number of carboxylic acid groups (broad SMARTS) is 1. The van der Waals surface area contributed by atoms with Gasteiger partial charge in [-0.15, -0.1) is 0 Å². The minimum atomic E-state index is -4.74. The second kappa shape index (κ2) is 25.5. The minimum absolute atomic E-state index is 0.0115. The summed E-state index contributed by atoms with van der Waals surface area (Å²) < 4.78 is 55.2. The van der Waals surface area contributed by atoms with Gasteiger partial charge in [0.25, 0.3) is 0 Å². The van der Waals surface area contributed by atoms with E-state index in [0.717, 1.165) is 12.2 Å². The monoisotopic (exact) mass is 992 g/mol. The maximum absolute atomic E-state index is 12.1. The Kier molecular flexibility index (Phi) is 20.0. The van der Waals surface area contributed by atoms with Crippen molar-refractivity contribution in [3.8, 4) is 34.5 Å². The summed E-state index contributed by atoms with van der Waals surface area (Å²) >= 11 is 0. The molecule has 1 aliphatic heterocycles. The fourth-order valence-electron chi connectivity index (χ4n) is 6.04. The van der Waals surface area contributed by atoms with Gasteiger partial charge in [0.15, 0.2) is 46.4 Å². The number of aromatic hydroxyl groups is 2. The van der Waals surface area contributed by atoms with Crippen LogP contribution in [-0.2, 0) is 42.7 Å². The molecule has 70 heavy (non-hydrogen) atoms. The number of aliphatic carboxylic acids is 1. The quantitative estimate of drug-likeness (QED) is 0.0276. The van der Waals surface area contributed by atoms with Crippen molar-refractivity contribution in [1.29, 1.82) is 0 Å². The van der Waals surface area contributed by atoms with Gasteiger partial charge in [-0.05, 0) is 95.1 Å². The molecular weight excluding hydrogens is 945 g/mol. The summed E-state index contributed by atoms with van der Waals surface area (Å²) in [5.41, 5.74) is 2.44. The van der Waals surface area contributed by atoms with Crippen LogP contribution in [0.2, 0.25) is 0 Å². The van der Waals surface area contributed by atoms with E-state index in [1.807, 2.05) is 0 Å². The van der Waals surface area contributed by atoms with Crippen LogP contribution in [0.5, 0.6) is 34.5 Å². The first-order valence-electron chi connectivity index (χ1n) is 20.2. The van der Waals surface area contributed by atoms with E-state index in [1.165, 1.54) is 123 Å². The molecule has 1 fully saturated rings. The third-order valence-corrected chi connectivity index (χ3v) is 9.91. The first kappa shape index (κ1) is 54.8. The molecule has 5 rings (SSSR count). The van der Waals surface area contributed by atoms with Gasteiger partial charge >= 0.3 is 16.4 Å². The average molecular weight is 993 g/mol. The Morgan fingerprint density at radius 3 is 1.43 bits per heavy atom. The summed E-state index contributed by atoms with van der Waals surface area (Å²) in [6.07, 6.45) is 3.73. The molecule has 0 spiro atoms. The molecule has 0 radical (unpaired) electrons. The van der Waals surface area contributed by atoms with E-state index >= 15 is 0 Å². The van der Waals surface area contributed by atoms with Gasteiger partial charge in [0.05, 0.1) is 27.4 Å². The largest absolute Gasteiger partial charge is 0.508 e. The molecule has 5 unspecified atom stereocenters. The van der Waals surface area contributed by atoms with Gasteiger partial charge in [0, 0.05) is 23.3 Å². The molecule has 22 heteroatoms. The summed E-state index contributed by atoms with van der Waals surface area (Å²) in [5, 5.41) is 97.3. The van der Waals surface area contributed by atoms with Gasteiger partial charge in [-0.3, -0.25) is 14.1 Å². The van der Waals surface area contributed by atoms with Crippen LogP contribution in [0.1, 0.15) is 33.4 Å². The Labute approximate surface area is 399 Å². The number of phenolic OH excluding ortho intramolecular Hbond substituents is 2. The Bertz CT molecular complexity index is 2810. The lowest BCUT2D eigenvalue weighted by molar-refractivity contribution is -0.271. The zero-order valence-corrected chi connectivity index (χ0v) is 37.7. The number of ketones is 2. The smallest absolute Gasteiger partial charge is 0.446 e. The number of carbonyl (C=O) groups is 3. The molecule has 1 aliphatic rings. The SMILES string of the molecule is COc1cc(/C=C/C(=O)/C=C(O)/C=C/c2ccc(OC3OC(C(=O)O)C(O)C(O)C3O)c(CO)c2)ccc1O.COc1cc(/C=C/C(=O)/C=C(O)/C=C/c2ccc(OS(=O)(=O)O)c(CO)c2)ccc1O. The van der Waals surface area contributed by atoms with Gasteiger partial charge < -0.3 is 74.2 Å². The third-order valence-electron chi connectivity index (χ3n) is 9.52. The second-order valence-corrected chi connectivity index (χ2v) is 15.6. The Morgan fingerprint density at radius 1 is 0.586 bits per heavy atom. The van der Waals surface area contributed by atoms with Gasteiger partial charge in [0.1, 0.15) is 35.6 Å². The summed E-state index contributed by atoms with van der Waals surface area (Å²) in [6.45, 7) is -1.08. The highest BCUT2D eigenvalue weighted by molar-refractivity contribution is 7.81. The normalized spacial score (nSPS) is 18.7. The molecule has 0 bridgehead atoms. The molecular formula is C48H48O21S. The van der Waals surface area contributed by atoms with Crippen molar-refractivity contribution in [3.05, 3.63) is 154 Å². The van der Waals surface area contributed by atoms with Crippen molar-refractivity contribution in [2.45, 2.75) is 43.9 Å². The molecule has 372 valence electrons. The average Bonchev–Trinajstić information content (AvgIpc) is 3.32. The number of carboxylic acids is 1. The van der Waals surface area contributed by atoms with Crippen molar-refractivity contribution in [2.24, 2.45) is 0 Å². The Hall–Kier alpha value is -7.80. The predicted molar refractivity (Wildman–Crippen MR) is 249 cm³/mol. The first-order valence-corrected chi connectivity index (χ1v) is 21.6. The number of ether oxygens (including phenoxy) is 4. The molecule has 4 aromatic carbocycles. The van der Waals surface area contributed by atoms with Crippen molar-refractivity contribution in [1.82, 2.24) is 0 Å². The van der Waals surface area contributed by atoms with Crippen molar-refractivity contribution in [2.75, 3.05) is 14.2 Å². The number of rotatable bonds is 19. The molecule has 1 saturated heterocycles. The van der Waals surface area contributed by atoms with Gasteiger partial charge in [-0.25, -0.2) is 4.79 Å². The number of aliphatic hydroxyl groups is 7. The van der Waals surface area contributed by atoms with Crippen LogP contribution >= 0.6 is 0 Å². The van der Waals surface area contributed by atoms with E-state index in [-0.39, 0.29) is 57.1 Å². The number of hydrogen-bond acceptors (Lipinski definition) is 19. The fourth-order valence-corrected chi connectivity index (χ4v) is 6.43. The van der Waals surface area contributed by atoms with E-state index in [1.54, 1.807) is 12.1 Å². The lowest BCUT2D eigenvalue weighted by Crippen LogP contribution is -2.61. The lowest BCUT2D eigenvalue weighted by atomic mass is 9.99. The van der Waals surface area contributed by atoms with Crippen LogP contribution in [0.15, 0.2) is 121 Å². The van der Waals surface area contributed by atoms with E-state index in [9.17, 15) is 68.8 Å². The van der Waals surface area contributed by atoms with Crippen LogP contribution in [0.4, 0.5) is 0 Å². The molecule has 5 atom stereocenters. The highest BCUT2D eigenvalue weighted by atomic mass is 32.3. The van der Waals surface area contributed by atoms with Crippen LogP contribution in [0.25, 0.3) is 24.3 Å². The summed E-state index contributed by atoms with van der Waals surface area (Å²) in [4.78, 5) is 35.4. The lowest BCUT2D eigenvalue weighted by Gasteiger charge is -2.38. The number of methoxy groups -OCH3 is 2. The summed E-state index contributed by atoms with van der Waals surface area (Å²) in [7, 11) is -1.94. The van der Waals surface area contributed by atoms with E-state index in [4.69, 9.17) is 28.6 Å².